The molecule has 0 amide bonds. The molecule has 0 aliphatic carbocycles. The Labute approximate surface area is 135 Å². The minimum Gasteiger partial charge on any atom is -0.370 e. The standard InChI is InChI=1S/C17H22N4S/c1-12-8-17-19-10-13(11-21(17)20-12)9-18-15-6-7-22-16-5-3-2-4-14(15)16/h2-5,8,13,15,18-19H,6-7,9-11H2,1H3/t13-,15-/m1/s1. The molecule has 116 valence electrons. The van der Waals surface area contributed by atoms with Gasteiger partial charge in [-0.1, -0.05) is 18.2 Å². The Morgan fingerprint density at radius 3 is 3.27 bits per heavy atom. The Balaban J connectivity index is 1.40. The molecule has 2 N–H and O–H groups in total. The number of nitrogens with zero attached hydrogens (tertiary/aromatic N) is 2. The molecule has 0 radical (unpaired) electrons. The molecule has 0 fully saturated rings. The summed E-state index contributed by atoms with van der Waals surface area (Å²) in [6.45, 7) is 5.12. The molecule has 1 aromatic heterocycles. The van der Waals surface area contributed by atoms with Crippen LogP contribution in [-0.2, 0) is 6.54 Å². The third-order valence-electron chi connectivity index (χ3n) is 4.52. The van der Waals surface area contributed by atoms with Crippen molar-refractivity contribution < 1.29 is 0 Å². The highest BCUT2D eigenvalue weighted by molar-refractivity contribution is 7.99. The van der Waals surface area contributed by atoms with Crippen LogP contribution in [-0.4, -0.2) is 28.6 Å². The van der Waals surface area contributed by atoms with Crippen molar-refractivity contribution in [3.8, 4) is 0 Å². The molecule has 3 heterocycles. The van der Waals surface area contributed by atoms with Crippen LogP contribution in [0.3, 0.4) is 0 Å². The Bertz CT molecular complexity index is 666. The molecule has 1 aromatic carbocycles. The summed E-state index contributed by atoms with van der Waals surface area (Å²) < 4.78 is 2.11. The van der Waals surface area contributed by atoms with Gasteiger partial charge < -0.3 is 10.6 Å². The second-order valence-corrected chi connectivity index (χ2v) is 7.37. The van der Waals surface area contributed by atoms with Crippen LogP contribution >= 0.6 is 11.8 Å². The number of hydrogen-bond donors (Lipinski definition) is 2. The molecular formula is C17H22N4S. The Hall–Kier alpha value is -1.46. The van der Waals surface area contributed by atoms with Crippen LogP contribution in [0.1, 0.15) is 23.7 Å². The summed E-state index contributed by atoms with van der Waals surface area (Å²) in [5.41, 5.74) is 2.56. The number of nitrogens with one attached hydrogen (secondary N) is 2. The number of thioether (sulfide) groups is 1. The molecule has 2 aliphatic rings. The van der Waals surface area contributed by atoms with Gasteiger partial charge in [-0.05, 0) is 30.7 Å². The van der Waals surface area contributed by atoms with Gasteiger partial charge in [-0.25, -0.2) is 4.68 Å². The molecule has 5 heteroatoms. The van der Waals surface area contributed by atoms with Crippen LogP contribution in [0, 0.1) is 12.8 Å². The zero-order valence-electron chi connectivity index (χ0n) is 12.9. The summed E-state index contributed by atoms with van der Waals surface area (Å²) in [5, 5.41) is 11.8. The van der Waals surface area contributed by atoms with Crippen LogP contribution in [0.2, 0.25) is 0 Å². The monoisotopic (exact) mass is 314 g/mol. The van der Waals surface area contributed by atoms with E-state index in [1.165, 1.54) is 22.6 Å². The molecule has 0 saturated heterocycles. The number of hydrogen-bond acceptors (Lipinski definition) is 4. The van der Waals surface area contributed by atoms with E-state index in [0.717, 1.165) is 31.1 Å². The Morgan fingerprint density at radius 1 is 1.41 bits per heavy atom. The summed E-state index contributed by atoms with van der Waals surface area (Å²) in [6, 6.07) is 11.4. The van der Waals surface area contributed by atoms with Gasteiger partial charge in [0.15, 0.2) is 0 Å². The van der Waals surface area contributed by atoms with Crippen LogP contribution in [0.5, 0.6) is 0 Å². The van der Waals surface area contributed by atoms with Gasteiger partial charge in [0.2, 0.25) is 0 Å². The zero-order chi connectivity index (χ0) is 14.9. The first kappa shape index (κ1) is 14.2. The van der Waals surface area contributed by atoms with Gasteiger partial charge in [0, 0.05) is 42.6 Å². The molecule has 2 aliphatic heterocycles. The quantitative estimate of drug-likeness (QED) is 0.914. The average Bonchev–Trinajstić information content (AvgIpc) is 2.92. The van der Waals surface area contributed by atoms with Crippen molar-refractivity contribution in [2.24, 2.45) is 5.92 Å². The van der Waals surface area contributed by atoms with E-state index in [1.807, 2.05) is 11.8 Å². The van der Waals surface area contributed by atoms with E-state index < -0.39 is 0 Å². The first-order chi connectivity index (χ1) is 10.8. The topological polar surface area (TPSA) is 41.9 Å². The average molecular weight is 314 g/mol. The van der Waals surface area contributed by atoms with E-state index >= 15 is 0 Å². The van der Waals surface area contributed by atoms with Crippen LogP contribution in [0.4, 0.5) is 5.82 Å². The number of aryl methyl sites for hydroxylation is 1. The van der Waals surface area contributed by atoms with Crippen LogP contribution in [0.25, 0.3) is 0 Å². The fraction of sp³-hybridized carbons (Fsp3) is 0.471. The fourth-order valence-electron chi connectivity index (χ4n) is 3.38. The van der Waals surface area contributed by atoms with Gasteiger partial charge in [0.25, 0.3) is 0 Å². The van der Waals surface area contributed by atoms with E-state index in [4.69, 9.17) is 0 Å². The van der Waals surface area contributed by atoms with E-state index in [0.29, 0.717) is 12.0 Å². The van der Waals surface area contributed by atoms with Crippen LogP contribution in [0.15, 0.2) is 35.2 Å². The molecule has 2 atom stereocenters. The van der Waals surface area contributed by atoms with Crippen molar-refractivity contribution in [2.45, 2.75) is 30.8 Å². The minimum atomic E-state index is 0.498. The Morgan fingerprint density at radius 2 is 2.32 bits per heavy atom. The van der Waals surface area contributed by atoms with Crippen molar-refractivity contribution in [3.05, 3.63) is 41.6 Å². The molecule has 0 spiro atoms. The SMILES string of the molecule is Cc1cc2n(n1)C[C@H](CN[C@@H]1CCSc3ccccc31)CN2. The second kappa shape index (κ2) is 5.97. The smallest absolute Gasteiger partial charge is 0.124 e. The number of benzene rings is 1. The summed E-state index contributed by atoms with van der Waals surface area (Å²) in [5.74, 6) is 2.96. The van der Waals surface area contributed by atoms with Crippen molar-refractivity contribution in [3.63, 3.8) is 0 Å². The van der Waals surface area contributed by atoms with Crippen molar-refractivity contribution >= 4 is 17.6 Å². The lowest BCUT2D eigenvalue weighted by molar-refractivity contribution is 0.365. The molecule has 2 aromatic rings. The van der Waals surface area contributed by atoms with Crippen molar-refractivity contribution in [2.75, 3.05) is 24.2 Å². The third-order valence-corrected chi connectivity index (χ3v) is 5.64. The summed E-state index contributed by atoms with van der Waals surface area (Å²) in [7, 11) is 0. The Kier molecular flexibility index (Phi) is 3.84. The third kappa shape index (κ3) is 2.75. The molecule has 0 saturated carbocycles. The van der Waals surface area contributed by atoms with Gasteiger partial charge in [0.05, 0.1) is 5.69 Å². The highest BCUT2D eigenvalue weighted by Gasteiger charge is 2.23. The first-order valence-corrected chi connectivity index (χ1v) is 9.01. The van der Waals surface area contributed by atoms with E-state index in [-0.39, 0.29) is 0 Å². The second-order valence-electron chi connectivity index (χ2n) is 6.24. The van der Waals surface area contributed by atoms with Crippen molar-refractivity contribution in [1.82, 2.24) is 15.1 Å². The first-order valence-electron chi connectivity index (χ1n) is 8.03. The summed E-state index contributed by atoms with van der Waals surface area (Å²) in [4.78, 5) is 1.44. The lowest BCUT2D eigenvalue weighted by Gasteiger charge is -2.30. The number of fused-ring (bicyclic) bond motifs is 2. The molecule has 4 nitrogen and oxygen atoms in total. The largest absolute Gasteiger partial charge is 0.370 e. The maximum absolute atomic E-state index is 4.56. The molecular weight excluding hydrogens is 292 g/mol. The van der Waals surface area contributed by atoms with Gasteiger partial charge in [-0.15, -0.1) is 11.8 Å². The maximum Gasteiger partial charge on any atom is 0.124 e. The molecule has 22 heavy (non-hydrogen) atoms. The summed E-state index contributed by atoms with van der Waals surface area (Å²) >= 11 is 1.98. The summed E-state index contributed by atoms with van der Waals surface area (Å²) in [6.07, 6.45) is 1.22. The van der Waals surface area contributed by atoms with E-state index in [9.17, 15) is 0 Å². The zero-order valence-corrected chi connectivity index (χ0v) is 13.7. The highest BCUT2D eigenvalue weighted by Crippen LogP contribution is 2.35. The fourth-order valence-corrected chi connectivity index (χ4v) is 4.51. The van der Waals surface area contributed by atoms with Crippen LogP contribution < -0.4 is 10.6 Å². The maximum atomic E-state index is 4.56. The minimum absolute atomic E-state index is 0.498. The van der Waals surface area contributed by atoms with Gasteiger partial charge >= 0.3 is 0 Å². The number of rotatable bonds is 3. The van der Waals surface area contributed by atoms with E-state index in [2.05, 4.69) is 57.7 Å². The van der Waals surface area contributed by atoms with Crippen molar-refractivity contribution in [1.29, 1.82) is 0 Å². The van der Waals surface area contributed by atoms with Gasteiger partial charge in [-0.3, -0.25) is 0 Å². The molecule has 0 bridgehead atoms. The molecule has 4 rings (SSSR count). The molecule has 0 unspecified atom stereocenters. The van der Waals surface area contributed by atoms with E-state index in [1.54, 1.807) is 0 Å². The lowest BCUT2D eigenvalue weighted by Crippen LogP contribution is -2.37. The number of anilines is 1. The predicted octanol–water partition coefficient (Wildman–Crippen LogP) is 3.06. The predicted molar refractivity (Wildman–Crippen MR) is 91.5 cm³/mol. The van der Waals surface area contributed by atoms with Gasteiger partial charge in [0.1, 0.15) is 5.82 Å². The highest BCUT2D eigenvalue weighted by atomic mass is 32.2. The number of aromatic nitrogens is 2. The van der Waals surface area contributed by atoms with Gasteiger partial charge in [-0.2, -0.15) is 5.10 Å². The lowest BCUT2D eigenvalue weighted by atomic mass is 10.0. The normalized spacial score (nSPS) is 23.5.